The minimum absolute atomic E-state index is 0.0550. The maximum atomic E-state index is 11.7. The van der Waals surface area contributed by atoms with Crippen molar-refractivity contribution >= 4 is 17.5 Å². The lowest BCUT2D eigenvalue weighted by atomic mass is 10.3. The van der Waals surface area contributed by atoms with Gasteiger partial charge in [0, 0.05) is 12.6 Å². The number of nitrogens with zero attached hydrogens (tertiary/aromatic N) is 2. The highest BCUT2D eigenvalue weighted by Gasteiger charge is 2.13. The van der Waals surface area contributed by atoms with E-state index in [4.69, 9.17) is 0 Å². The Morgan fingerprint density at radius 2 is 1.94 bits per heavy atom. The van der Waals surface area contributed by atoms with Gasteiger partial charge in [-0.1, -0.05) is 0 Å². The Labute approximate surface area is 108 Å². The average Bonchev–Trinajstić information content (AvgIpc) is 2.29. The molecule has 1 rings (SSSR count). The molecular formula is C12H21N5O. The van der Waals surface area contributed by atoms with Gasteiger partial charge in [0.2, 0.25) is 5.91 Å². The Kier molecular flexibility index (Phi) is 5.35. The van der Waals surface area contributed by atoms with Gasteiger partial charge < -0.3 is 16.0 Å². The van der Waals surface area contributed by atoms with Gasteiger partial charge in [-0.2, -0.15) is 0 Å². The molecule has 1 aromatic heterocycles. The highest BCUT2D eigenvalue weighted by molar-refractivity contribution is 5.84. The second-order valence-electron chi connectivity index (χ2n) is 4.35. The van der Waals surface area contributed by atoms with Crippen molar-refractivity contribution in [2.24, 2.45) is 0 Å². The number of amides is 1. The van der Waals surface area contributed by atoms with Crippen LogP contribution in [0.25, 0.3) is 0 Å². The maximum Gasteiger partial charge on any atom is 0.242 e. The lowest BCUT2D eigenvalue weighted by molar-refractivity contribution is -0.122. The van der Waals surface area contributed by atoms with E-state index in [1.54, 1.807) is 19.3 Å². The summed E-state index contributed by atoms with van der Waals surface area (Å²) in [6, 6.07) is -0.223. The van der Waals surface area contributed by atoms with Gasteiger partial charge in [-0.25, -0.2) is 4.98 Å². The fourth-order valence-electron chi connectivity index (χ4n) is 1.40. The predicted octanol–water partition coefficient (Wildman–Crippen LogP) is 1.23. The number of rotatable bonds is 6. The van der Waals surface area contributed by atoms with Gasteiger partial charge in [-0.3, -0.25) is 9.78 Å². The normalized spacial score (nSPS) is 12.1. The molecule has 18 heavy (non-hydrogen) atoms. The van der Waals surface area contributed by atoms with Crippen molar-refractivity contribution in [3.63, 3.8) is 0 Å². The van der Waals surface area contributed by atoms with Crippen LogP contribution in [0.5, 0.6) is 0 Å². The monoisotopic (exact) mass is 251 g/mol. The van der Waals surface area contributed by atoms with Crippen LogP contribution in [-0.2, 0) is 4.79 Å². The van der Waals surface area contributed by atoms with Crippen molar-refractivity contribution in [3.05, 3.63) is 12.4 Å². The molecule has 6 nitrogen and oxygen atoms in total. The number of hydrogen-bond donors (Lipinski definition) is 3. The third-order valence-electron chi connectivity index (χ3n) is 2.18. The zero-order valence-electron chi connectivity index (χ0n) is 11.3. The van der Waals surface area contributed by atoms with Crippen LogP contribution in [0.15, 0.2) is 12.4 Å². The summed E-state index contributed by atoms with van der Waals surface area (Å²) in [5.41, 5.74) is 0. The number of carbonyl (C=O) groups is 1. The summed E-state index contributed by atoms with van der Waals surface area (Å²) < 4.78 is 0. The molecule has 0 aliphatic rings. The summed E-state index contributed by atoms with van der Waals surface area (Å²) in [4.78, 5) is 20.1. The van der Waals surface area contributed by atoms with Crippen molar-refractivity contribution in [1.29, 1.82) is 0 Å². The number of aromatic nitrogens is 2. The van der Waals surface area contributed by atoms with Crippen LogP contribution >= 0.6 is 0 Å². The van der Waals surface area contributed by atoms with Crippen molar-refractivity contribution in [3.8, 4) is 0 Å². The smallest absolute Gasteiger partial charge is 0.242 e. The molecule has 1 heterocycles. The van der Waals surface area contributed by atoms with Crippen molar-refractivity contribution in [2.45, 2.75) is 39.8 Å². The van der Waals surface area contributed by atoms with Crippen LogP contribution in [0.1, 0.15) is 27.7 Å². The largest absolute Gasteiger partial charge is 0.369 e. The second-order valence-corrected chi connectivity index (χ2v) is 4.35. The Morgan fingerprint density at radius 3 is 2.56 bits per heavy atom. The Hall–Kier alpha value is -1.85. The van der Waals surface area contributed by atoms with Crippen molar-refractivity contribution < 1.29 is 4.79 Å². The first-order valence-corrected chi connectivity index (χ1v) is 6.15. The topological polar surface area (TPSA) is 78.9 Å². The van der Waals surface area contributed by atoms with Crippen LogP contribution in [0, 0.1) is 0 Å². The minimum atomic E-state index is -0.349. The lowest BCUT2D eigenvalue weighted by Crippen LogP contribution is -2.41. The van der Waals surface area contributed by atoms with Crippen LogP contribution in [-0.4, -0.2) is 34.5 Å². The van der Waals surface area contributed by atoms with Gasteiger partial charge in [0.25, 0.3) is 0 Å². The van der Waals surface area contributed by atoms with Crippen LogP contribution in [0.2, 0.25) is 0 Å². The van der Waals surface area contributed by atoms with E-state index in [1.165, 1.54) is 0 Å². The highest BCUT2D eigenvalue weighted by atomic mass is 16.2. The van der Waals surface area contributed by atoms with Gasteiger partial charge in [-0.15, -0.1) is 0 Å². The van der Waals surface area contributed by atoms with E-state index in [0.717, 1.165) is 6.54 Å². The minimum Gasteiger partial charge on any atom is -0.369 e. The van der Waals surface area contributed by atoms with E-state index in [1.807, 2.05) is 20.8 Å². The molecular weight excluding hydrogens is 230 g/mol. The molecule has 100 valence electrons. The van der Waals surface area contributed by atoms with Crippen molar-refractivity contribution in [1.82, 2.24) is 15.3 Å². The number of hydrogen-bond acceptors (Lipinski definition) is 5. The third kappa shape index (κ3) is 4.57. The molecule has 0 saturated heterocycles. The van der Waals surface area contributed by atoms with Gasteiger partial charge >= 0.3 is 0 Å². The van der Waals surface area contributed by atoms with Gasteiger partial charge in [0.05, 0.1) is 12.4 Å². The molecule has 1 amide bonds. The maximum absolute atomic E-state index is 11.7. The average molecular weight is 251 g/mol. The first-order chi connectivity index (χ1) is 8.52. The Balaban J connectivity index is 2.60. The van der Waals surface area contributed by atoms with Crippen LogP contribution < -0.4 is 16.0 Å². The zero-order chi connectivity index (χ0) is 13.5. The Bertz CT molecular complexity index is 394. The zero-order valence-corrected chi connectivity index (χ0v) is 11.3. The van der Waals surface area contributed by atoms with E-state index in [2.05, 4.69) is 25.9 Å². The summed E-state index contributed by atoms with van der Waals surface area (Å²) in [5.74, 6) is 1.22. The third-order valence-corrected chi connectivity index (χ3v) is 2.18. The standard InChI is InChI=1S/C12H21N5O/c1-5-14-10-6-13-7-11(17-10)16-9(4)12(18)15-8(2)3/h6-9H,5H2,1-4H3,(H,15,18)(H2,14,16,17). The number of nitrogens with one attached hydrogen (secondary N) is 3. The van der Waals surface area contributed by atoms with Crippen molar-refractivity contribution in [2.75, 3.05) is 17.2 Å². The molecule has 0 saturated carbocycles. The highest BCUT2D eigenvalue weighted by Crippen LogP contribution is 2.07. The molecule has 0 aliphatic heterocycles. The first-order valence-electron chi connectivity index (χ1n) is 6.15. The predicted molar refractivity (Wildman–Crippen MR) is 72.6 cm³/mol. The second kappa shape index (κ2) is 6.78. The SMILES string of the molecule is CCNc1cncc(NC(C)C(=O)NC(C)C)n1. The number of anilines is 2. The first kappa shape index (κ1) is 14.2. The van der Waals surface area contributed by atoms with E-state index in [0.29, 0.717) is 11.6 Å². The van der Waals surface area contributed by atoms with E-state index in [9.17, 15) is 4.79 Å². The molecule has 1 aromatic rings. The molecule has 6 heteroatoms. The van der Waals surface area contributed by atoms with E-state index in [-0.39, 0.29) is 18.0 Å². The van der Waals surface area contributed by atoms with Gasteiger partial charge in [0.1, 0.15) is 17.7 Å². The fourth-order valence-corrected chi connectivity index (χ4v) is 1.40. The molecule has 0 aromatic carbocycles. The molecule has 0 spiro atoms. The lowest BCUT2D eigenvalue weighted by Gasteiger charge is -2.16. The fraction of sp³-hybridized carbons (Fsp3) is 0.583. The molecule has 3 N–H and O–H groups in total. The summed E-state index contributed by atoms with van der Waals surface area (Å²) >= 11 is 0. The molecule has 1 unspecified atom stereocenters. The molecule has 0 bridgehead atoms. The van der Waals surface area contributed by atoms with Crippen LogP contribution in [0.3, 0.4) is 0 Å². The number of carbonyl (C=O) groups excluding carboxylic acids is 1. The quantitative estimate of drug-likeness (QED) is 0.709. The van der Waals surface area contributed by atoms with Crippen LogP contribution in [0.4, 0.5) is 11.6 Å². The van der Waals surface area contributed by atoms with E-state index < -0.39 is 0 Å². The Morgan fingerprint density at radius 1 is 1.28 bits per heavy atom. The molecule has 0 aliphatic carbocycles. The van der Waals surface area contributed by atoms with Gasteiger partial charge in [0.15, 0.2) is 0 Å². The van der Waals surface area contributed by atoms with Gasteiger partial charge in [-0.05, 0) is 27.7 Å². The summed E-state index contributed by atoms with van der Waals surface area (Å²) in [6.07, 6.45) is 3.24. The summed E-state index contributed by atoms with van der Waals surface area (Å²) in [6.45, 7) is 8.41. The molecule has 1 atom stereocenters. The molecule has 0 fully saturated rings. The van der Waals surface area contributed by atoms with E-state index >= 15 is 0 Å². The molecule has 0 radical (unpaired) electrons. The summed E-state index contributed by atoms with van der Waals surface area (Å²) in [5, 5.41) is 8.93. The summed E-state index contributed by atoms with van der Waals surface area (Å²) in [7, 11) is 0.